The lowest BCUT2D eigenvalue weighted by Crippen LogP contribution is -2.54. The first-order chi connectivity index (χ1) is 20.8. The topological polar surface area (TPSA) is 185 Å². The van der Waals surface area contributed by atoms with E-state index in [4.69, 9.17) is 24.3 Å². The molecular weight excluding hydrogens is 617 g/mol. The van der Waals surface area contributed by atoms with Gasteiger partial charge in [-0.1, -0.05) is 18.2 Å². The maximum absolute atomic E-state index is 16.1. The molecule has 0 spiro atoms. The van der Waals surface area contributed by atoms with Crippen molar-refractivity contribution in [3.8, 4) is 5.75 Å². The SMILES string of the molecule is CCOC(=O)[C@H](C)NP(=O)(OC[C@H]1O[C@@H](n2cnc3c(NC4CC4)nc(N)nc32)[C@@](F)(C(F)(F)F)[C@@H]1O)Oc1ccccc1. The number of imidazole rings is 1. The van der Waals surface area contributed by atoms with Crippen molar-refractivity contribution in [3.05, 3.63) is 36.7 Å². The Morgan fingerprint density at radius 2 is 2.00 bits per heavy atom. The number of carbonyl (C=O) groups is 1. The van der Waals surface area contributed by atoms with Crippen LogP contribution in [0, 0.1) is 0 Å². The first-order valence-electron chi connectivity index (χ1n) is 13.5. The van der Waals surface area contributed by atoms with E-state index in [0.29, 0.717) is 4.57 Å². The molecule has 3 heterocycles. The minimum Gasteiger partial charge on any atom is -0.465 e. The van der Waals surface area contributed by atoms with E-state index in [1.54, 1.807) is 25.1 Å². The second kappa shape index (κ2) is 12.1. The van der Waals surface area contributed by atoms with E-state index in [2.05, 4.69) is 25.4 Å². The van der Waals surface area contributed by atoms with Crippen molar-refractivity contribution >= 4 is 36.6 Å². The molecule has 1 aliphatic carbocycles. The summed E-state index contributed by atoms with van der Waals surface area (Å²) in [7, 11) is -4.59. The van der Waals surface area contributed by atoms with Crippen LogP contribution in [0.2, 0.25) is 0 Å². The molecule has 5 N–H and O–H groups in total. The molecule has 2 aliphatic rings. The fourth-order valence-electron chi connectivity index (χ4n) is 4.53. The van der Waals surface area contributed by atoms with Crippen LogP contribution >= 0.6 is 7.75 Å². The highest BCUT2D eigenvalue weighted by Crippen LogP contribution is 2.53. The molecule has 2 aromatic heterocycles. The molecule has 0 radical (unpaired) electrons. The number of hydrogen-bond donors (Lipinski definition) is 4. The highest BCUT2D eigenvalue weighted by Gasteiger charge is 2.73. The number of nitrogens with two attached hydrogens (primary N) is 1. The number of ether oxygens (including phenoxy) is 2. The van der Waals surface area contributed by atoms with Gasteiger partial charge in [-0.3, -0.25) is 13.9 Å². The van der Waals surface area contributed by atoms with E-state index < -0.39 is 56.6 Å². The van der Waals surface area contributed by atoms with Gasteiger partial charge in [-0.05, 0) is 38.8 Å². The summed E-state index contributed by atoms with van der Waals surface area (Å²) in [5, 5.41) is 16.1. The Balaban J connectivity index is 1.44. The number of anilines is 2. The Kier molecular flexibility index (Phi) is 8.74. The lowest BCUT2D eigenvalue weighted by atomic mass is 9.95. The standard InChI is InChI=1S/C25H30F4N7O7P/c1-3-40-21(38)13(2)35-44(39,43-15-7-5-4-6-8-15)41-11-16-18(37)24(26,25(27,28)29)22(42-16)36-12-31-17-19(32-14-9-10-14)33-23(30)34-20(17)36/h4-8,12-14,16,18,22,37H,3,9-11H2,1-2H3,(H,35,39)(H3,30,32,33,34)/t13-,16+,18+,22+,24+,44?/m0/s1. The van der Waals surface area contributed by atoms with E-state index in [1.165, 1.54) is 19.1 Å². The average Bonchev–Trinajstić information content (AvgIpc) is 3.61. The van der Waals surface area contributed by atoms with Crippen molar-refractivity contribution in [1.29, 1.82) is 0 Å². The van der Waals surface area contributed by atoms with Crippen LogP contribution in [0.15, 0.2) is 36.7 Å². The van der Waals surface area contributed by atoms with Gasteiger partial charge in [0.2, 0.25) is 5.95 Å². The number of halogens is 4. The monoisotopic (exact) mass is 647 g/mol. The summed E-state index contributed by atoms with van der Waals surface area (Å²) in [6, 6.07) is 6.34. The van der Waals surface area contributed by atoms with E-state index in [-0.39, 0.29) is 41.3 Å². The van der Waals surface area contributed by atoms with E-state index in [1.807, 2.05) is 0 Å². The molecule has 0 amide bonds. The van der Waals surface area contributed by atoms with Gasteiger partial charge in [0.05, 0.1) is 19.5 Å². The molecule has 3 aromatic rings. The van der Waals surface area contributed by atoms with Crippen LogP contribution in [0.25, 0.3) is 11.2 Å². The van der Waals surface area contributed by atoms with Gasteiger partial charge < -0.3 is 30.2 Å². The lowest BCUT2D eigenvalue weighted by molar-refractivity contribution is -0.273. The van der Waals surface area contributed by atoms with Gasteiger partial charge >= 0.3 is 19.9 Å². The quantitative estimate of drug-likeness (QED) is 0.128. The maximum Gasteiger partial charge on any atom is 0.459 e. The fourth-order valence-corrected chi connectivity index (χ4v) is 6.03. The Morgan fingerprint density at radius 1 is 1.30 bits per heavy atom. The number of nitrogens with one attached hydrogen (secondary N) is 2. The number of nitrogen functional groups attached to an aromatic ring is 1. The summed E-state index contributed by atoms with van der Waals surface area (Å²) in [6.07, 6.45) is -10.6. The summed E-state index contributed by atoms with van der Waals surface area (Å²) in [5.41, 5.74) is 1.09. The van der Waals surface area contributed by atoms with Crippen LogP contribution in [0.1, 0.15) is 32.9 Å². The molecule has 44 heavy (non-hydrogen) atoms. The molecule has 6 atom stereocenters. The van der Waals surface area contributed by atoms with E-state index in [0.717, 1.165) is 19.2 Å². The van der Waals surface area contributed by atoms with Gasteiger partial charge in [0, 0.05) is 6.04 Å². The zero-order valence-electron chi connectivity index (χ0n) is 23.4. The van der Waals surface area contributed by atoms with Crippen molar-refractivity contribution < 1.29 is 50.5 Å². The normalized spacial score (nSPS) is 25.8. The van der Waals surface area contributed by atoms with Gasteiger partial charge in [-0.25, -0.2) is 13.9 Å². The Hall–Kier alpha value is -3.57. The van der Waals surface area contributed by atoms with Crippen molar-refractivity contribution in [2.24, 2.45) is 0 Å². The molecule has 1 saturated carbocycles. The third-order valence-corrected chi connectivity index (χ3v) is 8.50. The first-order valence-corrected chi connectivity index (χ1v) is 15.1. The number of aliphatic hydroxyl groups excluding tert-OH is 1. The number of aliphatic hydroxyl groups is 1. The zero-order valence-corrected chi connectivity index (χ0v) is 24.3. The second-order valence-electron chi connectivity index (χ2n) is 10.2. The average molecular weight is 648 g/mol. The number of rotatable bonds is 12. The predicted octanol–water partition coefficient (Wildman–Crippen LogP) is 3.26. The summed E-state index contributed by atoms with van der Waals surface area (Å²) in [5.74, 6) is -0.991. The summed E-state index contributed by atoms with van der Waals surface area (Å²) < 4.78 is 94.6. The second-order valence-corrected chi connectivity index (χ2v) is 11.9. The third kappa shape index (κ3) is 6.30. The van der Waals surface area contributed by atoms with Gasteiger partial charge in [0.1, 0.15) is 24.0 Å². The number of para-hydroxylation sites is 1. The molecule has 5 rings (SSSR count). The summed E-state index contributed by atoms with van der Waals surface area (Å²) in [4.78, 5) is 24.2. The van der Waals surface area contributed by atoms with Crippen LogP contribution in [0.5, 0.6) is 5.75 Å². The minimum absolute atomic E-state index is 0.00586. The van der Waals surface area contributed by atoms with Gasteiger partial charge in [-0.2, -0.15) is 28.2 Å². The number of benzene rings is 1. The number of fused-ring (bicyclic) bond motifs is 1. The smallest absolute Gasteiger partial charge is 0.459 e. The molecule has 1 unspecified atom stereocenters. The van der Waals surface area contributed by atoms with Gasteiger partial charge in [-0.15, -0.1) is 0 Å². The molecule has 19 heteroatoms. The molecule has 240 valence electrons. The Labute approximate surface area is 247 Å². The zero-order chi connectivity index (χ0) is 31.9. The number of alkyl halides is 4. The minimum atomic E-state index is -5.67. The number of aromatic nitrogens is 4. The number of hydrogen-bond acceptors (Lipinski definition) is 12. The van der Waals surface area contributed by atoms with Crippen LogP contribution in [0.4, 0.5) is 29.3 Å². The van der Waals surface area contributed by atoms with Crippen LogP contribution in [-0.4, -0.2) is 79.9 Å². The molecule has 0 bridgehead atoms. The predicted molar refractivity (Wildman–Crippen MR) is 146 cm³/mol. The fraction of sp³-hybridized carbons (Fsp3) is 0.520. The lowest BCUT2D eigenvalue weighted by Gasteiger charge is -2.31. The first kappa shape index (κ1) is 31.8. The number of esters is 1. The largest absolute Gasteiger partial charge is 0.465 e. The van der Waals surface area contributed by atoms with Gasteiger partial charge in [0.15, 0.2) is 23.2 Å². The Bertz CT molecular complexity index is 1540. The molecule has 1 aliphatic heterocycles. The number of carbonyl (C=O) groups excluding carboxylic acids is 1. The third-order valence-electron chi connectivity index (χ3n) is 6.86. The van der Waals surface area contributed by atoms with Crippen molar-refractivity contribution in [3.63, 3.8) is 0 Å². The van der Waals surface area contributed by atoms with Crippen molar-refractivity contribution in [1.82, 2.24) is 24.6 Å². The van der Waals surface area contributed by atoms with E-state index >= 15 is 4.39 Å². The molecule has 1 aromatic carbocycles. The van der Waals surface area contributed by atoms with Crippen molar-refractivity contribution in [2.75, 3.05) is 24.3 Å². The van der Waals surface area contributed by atoms with Gasteiger partial charge in [0.25, 0.3) is 5.67 Å². The van der Waals surface area contributed by atoms with Crippen LogP contribution in [0.3, 0.4) is 0 Å². The van der Waals surface area contributed by atoms with Crippen LogP contribution < -0.4 is 20.7 Å². The molecule has 1 saturated heterocycles. The molecular formula is C25H30F4N7O7P. The van der Waals surface area contributed by atoms with Crippen LogP contribution in [-0.2, 0) is 23.4 Å². The highest BCUT2D eigenvalue weighted by molar-refractivity contribution is 7.52. The maximum atomic E-state index is 16.1. The summed E-state index contributed by atoms with van der Waals surface area (Å²) >= 11 is 0. The number of nitrogens with zero attached hydrogens (tertiary/aromatic N) is 4. The van der Waals surface area contributed by atoms with E-state index in [9.17, 15) is 27.6 Å². The van der Waals surface area contributed by atoms with Crippen molar-refractivity contribution in [2.45, 2.75) is 69.1 Å². The summed E-state index contributed by atoms with van der Waals surface area (Å²) in [6.45, 7) is 1.78. The Morgan fingerprint density at radius 3 is 2.64 bits per heavy atom. The highest BCUT2D eigenvalue weighted by atomic mass is 31.2. The molecule has 14 nitrogen and oxygen atoms in total. The molecule has 2 fully saturated rings.